The molecule has 2 aromatic carbocycles. The number of ether oxygens (including phenoxy) is 3. The Kier molecular flexibility index (Phi) is 9.05. The number of esters is 1. The van der Waals surface area contributed by atoms with Gasteiger partial charge in [0.15, 0.2) is 11.8 Å². The van der Waals surface area contributed by atoms with Crippen LogP contribution in [0.15, 0.2) is 61.3 Å². The number of aromatic nitrogens is 3. The summed E-state index contributed by atoms with van der Waals surface area (Å²) in [5.74, 6) is -0.272. The summed E-state index contributed by atoms with van der Waals surface area (Å²) in [5.41, 5.74) is 1.33. The summed E-state index contributed by atoms with van der Waals surface area (Å²) in [6, 6.07) is 13.7. The van der Waals surface area contributed by atoms with Gasteiger partial charge in [0.1, 0.15) is 5.75 Å². The molecule has 48 heavy (non-hydrogen) atoms. The third-order valence-electron chi connectivity index (χ3n) is 10.2. The zero-order valence-electron chi connectivity index (χ0n) is 28.1. The first kappa shape index (κ1) is 33.6. The molecule has 3 aliphatic heterocycles. The number of nitrogens with zero attached hydrogens (tertiary/aromatic N) is 5. The maximum absolute atomic E-state index is 14.8. The number of aliphatic hydroxyl groups excluding tert-OH is 1. The fourth-order valence-corrected chi connectivity index (χ4v) is 12.0. The molecular formula is C35H43N5O7Si. The zero-order chi connectivity index (χ0) is 34.4. The second-order valence-corrected chi connectivity index (χ2v) is 18.0. The monoisotopic (exact) mass is 673 g/mol. The fraction of sp³-hybridized carbons (Fsp3) is 0.457. The number of anilines is 2. The van der Waals surface area contributed by atoms with Crippen LogP contribution in [0.5, 0.6) is 5.75 Å². The van der Waals surface area contributed by atoms with Crippen LogP contribution in [0.2, 0.25) is 18.6 Å². The first-order valence-corrected chi connectivity index (χ1v) is 19.4. The van der Waals surface area contributed by atoms with E-state index in [4.69, 9.17) is 14.2 Å². The Morgan fingerprint density at radius 2 is 1.96 bits per heavy atom. The Morgan fingerprint density at radius 1 is 1.21 bits per heavy atom. The van der Waals surface area contributed by atoms with E-state index in [0.717, 1.165) is 5.75 Å². The van der Waals surface area contributed by atoms with Crippen LogP contribution in [0.25, 0.3) is 0 Å². The van der Waals surface area contributed by atoms with Crippen LogP contribution < -0.4 is 19.7 Å². The lowest BCUT2D eigenvalue weighted by molar-refractivity contribution is -0.153. The molecule has 0 bridgehead atoms. The molecule has 0 radical (unpaired) electrons. The number of hydrogen-bond acceptors (Lipinski definition) is 9. The molecule has 3 aromatic rings. The summed E-state index contributed by atoms with van der Waals surface area (Å²) >= 11 is 0. The first-order chi connectivity index (χ1) is 23.0. The molecule has 13 heteroatoms. The molecule has 1 unspecified atom stereocenters. The van der Waals surface area contributed by atoms with Crippen molar-refractivity contribution in [2.24, 2.45) is 5.92 Å². The number of methoxy groups -OCH3 is 1. The standard InChI is InChI=1S/C35H43N5O7Si/c1-7-16-39-29-13-8-25(40-31(43)20-32(40)46-23(3)42)19-28(29)35(34(39)44)22(2)33(48(5,6)27-11-9-26(45-4)10-12-27)30(47-35)14-17-38-21-24(15-18-41)36-37-38/h7-13,19,21-22,30,32-33,41H,1,14-18,20H2,2-6H3/t22-,30+,32?,33-,35+/m1/s1. The average molecular weight is 674 g/mol. The molecule has 4 heterocycles. The van der Waals surface area contributed by atoms with E-state index >= 15 is 0 Å². The minimum atomic E-state index is -2.38. The summed E-state index contributed by atoms with van der Waals surface area (Å²) in [5, 5.41) is 19.0. The van der Waals surface area contributed by atoms with Crippen LogP contribution in [0.3, 0.4) is 0 Å². The smallest absolute Gasteiger partial charge is 0.304 e. The van der Waals surface area contributed by atoms with Gasteiger partial charge in [-0.1, -0.05) is 48.6 Å². The Hall–Kier alpha value is -4.33. The molecule has 1 N–H and O–H groups in total. The van der Waals surface area contributed by atoms with E-state index < -0.39 is 25.9 Å². The summed E-state index contributed by atoms with van der Waals surface area (Å²) < 4.78 is 19.8. The van der Waals surface area contributed by atoms with Gasteiger partial charge >= 0.3 is 5.97 Å². The normalized spacial score (nSPS) is 25.0. The van der Waals surface area contributed by atoms with Crippen LogP contribution in [0.4, 0.5) is 11.4 Å². The predicted octanol–water partition coefficient (Wildman–Crippen LogP) is 3.29. The van der Waals surface area contributed by atoms with Crippen molar-refractivity contribution in [2.75, 3.05) is 30.1 Å². The summed E-state index contributed by atoms with van der Waals surface area (Å²) in [6.45, 7) is 12.8. The maximum atomic E-state index is 14.8. The van der Waals surface area contributed by atoms with E-state index in [0.29, 0.717) is 48.6 Å². The quantitative estimate of drug-likeness (QED) is 0.133. The lowest BCUT2D eigenvalue weighted by atomic mass is 9.82. The first-order valence-electron chi connectivity index (χ1n) is 16.3. The van der Waals surface area contributed by atoms with Crippen molar-refractivity contribution in [3.8, 4) is 5.75 Å². The lowest BCUT2D eigenvalue weighted by Gasteiger charge is -2.39. The predicted molar refractivity (Wildman–Crippen MR) is 182 cm³/mol. The number of amides is 2. The van der Waals surface area contributed by atoms with Gasteiger partial charge in [-0.2, -0.15) is 0 Å². The highest BCUT2D eigenvalue weighted by Crippen LogP contribution is 2.60. The van der Waals surface area contributed by atoms with Crippen LogP contribution in [-0.4, -0.2) is 78.6 Å². The number of aryl methyl sites for hydroxylation is 1. The van der Waals surface area contributed by atoms with Gasteiger partial charge in [-0.3, -0.25) is 24.0 Å². The Labute approximate surface area is 281 Å². The summed E-state index contributed by atoms with van der Waals surface area (Å²) in [6.07, 6.45) is 3.61. The molecule has 6 rings (SSSR count). The van der Waals surface area contributed by atoms with Crippen molar-refractivity contribution in [1.29, 1.82) is 0 Å². The number of rotatable bonds is 12. The Bertz CT molecular complexity index is 1730. The van der Waals surface area contributed by atoms with Gasteiger partial charge in [-0.05, 0) is 42.3 Å². The molecule has 254 valence electrons. The topological polar surface area (TPSA) is 136 Å². The van der Waals surface area contributed by atoms with Crippen molar-refractivity contribution >= 4 is 42.4 Å². The number of benzene rings is 2. The zero-order valence-corrected chi connectivity index (χ0v) is 29.1. The molecule has 0 aliphatic carbocycles. The van der Waals surface area contributed by atoms with Gasteiger partial charge in [0.05, 0.1) is 39.1 Å². The summed E-state index contributed by atoms with van der Waals surface area (Å²) in [4.78, 5) is 42.5. The van der Waals surface area contributed by atoms with E-state index in [1.807, 2.05) is 30.5 Å². The molecule has 1 aromatic heterocycles. The van der Waals surface area contributed by atoms with E-state index in [1.54, 1.807) is 28.8 Å². The van der Waals surface area contributed by atoms with E-state index in [-0.39, 0.29) is 42.4 Å². The van der Waals surface area contributed by atoms with E-state index in [1.165, 1.54) is 17.0 Å². The molecule has 1 spiro atoms. The fourth-order valence-electron chi connectivity index (χ4n) is 7.95. The average Bonchev–Trinajstić information content (AvgIpc) is 3.70. The number of fused-ring (bicyclic) bond motifs is 2. The second-order valence-electron chi connectivity index (χ2n) is 13.3. The SMILES string of the molecule is C=CCN1C(=O)[C@@]2(O[C@@H](CCn3cc(CCO)nn3)[C@H]([Si](C)(C)c3ccc(OC)cc3)[C@H]2C)c2cc(N3C(=O)CC3OC(C)=O)ccc21. The highest BCUT2D eigenvalue weighted by Gasteiger charge is 2.66. The van der Waals surface area contributed by atoms with Crippen molar-refractivity contribution in [3.05, 3.63) is 72.6 Å². The Morgan fingerprint density at radius 3 is 2.60 bits per heavy atom. The minimum absolute atomic E-state index is 0.00472. The van der Waals surface area contributed by atoms with Crippen LogP contribution in [0, 0.1) is 5.92 Å². The number of carbonyl (C=O) groups excluding carboxylic acids is 3. The van der Waals surface area contributed by atoms with Gasteiger partial charge in [0, 0.05) is 56.4 Å². The molecule has 2 amide bonds. The number of aliphatic hydroxyl groups is 1. The molecule has 5 atom stereocenters. The van der Waals surface area contributed by atoms with Crippen molar-refractivity contribution in [1.82, 2.24) is 15.0 Å². The molecule has 2 saturated heterocycles. The number of hydrogen-bond donors (Lipinski definition) is 1. The van der Waals surface area contributed by atoms with Crippen molar-refractivity contribution in [3.63, 3.8) is 0 Å². The summed E-state index contributed by atoms with van der Waals surface area (Å²) in [7, 11) is -0.734. The Balaban J connectivity index is 1.44. The largest absolute Gasteiger partial charge is 0.497 e. The van der Waals surface area contributed by atoms with Crippen molar-refractivity contribution in [2.45, 2.75) is 76.2 Å². The molecule has 2 fully saturated rings. The van der Waals surface area contributed by atoms with Gasteiger partial charge in [0.2, 0.25) is 5.91 Å². The molecule has 3 aliphatic rings. The molecule has 0 saturated carbocycles. The van der Waals surface area contributed by atoms with Gasteiger partial charge in [-0.15, -0.1) is 11.7 Å². The third-order valence-corrected chi connectivity index (χ3v) is 14.6. The minimum Gasteiger partial charge on any atom is -0.497 e. The lowest BCUT2D eigenvalue weighted by Crippen LogP contribution is -2.55. The van der Waals surface area contributed by atoms with E-state index in [2.05, 4.69) is 49.0 Å². The molecule has 12 nitrogen and oxygen atoms in total. The highest BCUT2D eigenvalue weighted by atomic mass is 28.3. The van der Waals surface area contributed by atoms with Gasteiger partial charge in [-0.25, -0.2) is 0 Å². The van der Waals surface area contributed by atoms with Crippen LogP contribution >= 0.6 is 0 Å². The van der Waals surface area contributed by atoms with Gasteiger partial charge in [0.25, 0.3) is 5.91 Å². The van der Waals surface area contributed by atoms with Crippen molar-refractivity contribution < 1.29 is 33.7 Å². The van der Waals surface area contributed by atoms with Gasteiger partial charge < -0.3 is 24.2 Å². The van der Waals surface area contributed by atoms with E-state index in [9.17, 15) is 19.5 Å². The van der Waals surface area contributed by atoms with Crippen LogP contribution in [-0.2, 0) is 42.4 Å². The third kappa shape index (κ3) is 5.53. The molecular weight excluding hydrogens is 630 g/mol. The second kappa shape index (κ2) is 12.9. The van der Waals surface area contributed by atoms with Crippen LogP contribution in [0.1, 0.15) is 37.9 Å². The number of β-lactam (4-membered cyclic amide) rings is 1. The maximum Gasteiger partial charge on any atom is 0.304 e. The highest BCUT2D eigenvalue weighted by molar-refractivity contribution is 6.91. The number of carbonyl (C=O) groups is 3.